The van der Waals surface area contributed by atoms with Gasteiger partial charge in [0.2, 0.25) is 11.8 Å². The maximum atomic E-state index is 12.0. The van der Waals surface area contributed by atoms with Crippen molar-refractivity contribution in [3.63, 3.8) is 0 Å². The highest BCUT2D eigenvalue weighted by molar-refractivity contribution is 5.78. The zero-order valence-electron chi connectivity index (χ0n) is 14.8. The predicted octanol–water partition coefficient (Wildman–Crippen LogP) is 2.49. The number of carbonyl (C=O) groups excluding carboxylic acids is 1. The molecule has 1 aliphatic carbocycles. The van der Waals surface area contributed by atoms with Crippen LogP contribution in [0.4, 0.5) is 5.82 Å². The number of hydrogen-bond donors (Lipinski definition) is 0. The minimum absolute atomic E-state index is 0.0626. The summed E-state index contributed by atoms with van der Waals surface area (Å²) in [7, 11) is 0. The van der Waals surface area contributed by atoms with Gasteiger partial charge in [0.05, 0.1) is 0 Å². The lowest BCUT2D eigenvalue weighted by atomic mass is 9.98. The van der Waals surface area contributed by atoms with Crippen molar-refractivity contribution < 1.29 is 9.53 Å². The molecule has 0 atom stereocenters. The van der Waals surface area contributed by atoms with E-state index in [1.165, 1.54) is 19.3 Å². The SMILES string of the molecule is CC(C)C(=O)N1CCN(c2ccc(OC3CCCCC3)nn2)CC1. The average molecular weight is 332 g/mol. The predicted molar refractivity (Wildman–Crippen MR) is 93.2 cm³/mol. The third-order valence-corrected chi connectivity index (χ3v) is 4.87. The first-order chi connectivity index (χ1) is 11.6. The molecule has 0 radical (unpaired) electrons. The van der Waals surface area contributed by atoms with E-state index in [1.54, 1.807) is 0 Å². The highest BCUT2D eigenvalue weighted by atomic mass is 16.5. The van der Waals surface area contributed by atoms with Gasteiger partial charge in [-0.15, -0.1) is 10.2 Å². The van der Waals surface area contributed by atoms with Gasteiger partial charge in [-0.25, -0.2) is 0 Å². The molecule has 0 N–H and O–H groups in total. The van der Waals surface area contributed by atoms with Crippen LogP contribution in [-0.4, -0.2) is 53.3 Å². The number of piperazine rings is 1. The number of nitrogens with zero attached hydrogens (tertiary/aromatic N) is 4. The molecule has 2 heterocycles. The van der Waals surface area contributed by atoms with Gasteiger partial charge in [0, 0.05) is 38.2 Å². The van der Waals surface area contributed by atoms with Gasteiger partial charge in [0.15, 0.2) is 5.82 Å². The largest absolute Gasteiger partial charge is 0.473 e. The molecule has 1 amide bonds. The Morgan fingerprint density at radius 1 is 1.08 bits per heavy atom. The van der Waals surface area contributed by atoms with Gasteiger partial charge < -0.3 is 14.5 Å². The van der Waals surface area contributed by atoms with Gasteiger partial charge in [-0.05, 0) is 31.7 Å². The summed E-state index contributed by atoms with van der Waals surface area (Å²) in [6.45, 7) is 7.00. The highest BCUT2D eigenvalue weighted by Crippen LogP contribution is 2.23. The van der Waals surface area contributed by atoms with Crippen LogP contribution in [0.1, 0.15) is 46.0 Å². The number of carbonyl (C=O) groups is 1. The molecule has 24 heavy (non-hydrogen) atoms. The lowest BCUT2D eigenvalue weighted by Gasteiger charge is -2.36. The molecular weight excluding hydrogens is 304 g/mol. The second kappa shape index (κ2) is 7.81. The number of ether oxygens (including phenoxy) is 1. The van der Waals surface area contributed by atoms with Crippen molar-refractivity contribution in [1.29, 1.82) is 0 Å². The number of amides is 1. The fraction of sp³-hybridized carbons (Fsp3) is 0.722. The second-order valence-electron chi connectivity index (χ2n) is 7.07. The molecule has 0 bridgehead atoms. The van der Waals surface area contributed by atoms with Crippen molar-refractivity contribution in [2.45, 2.75) is 52.1 Å². The summed E-state index contributed by atoms with van der Waals surface area (Å²) >= 11 is 0. The van der Waals surface area contributed by atoms with Crippen LogP contribution >= 0.6 is 0 Å². The lowest BCUT2D eigenvalue weighted by molar-refractivity contribution is -0.134. The Kier molecular flexibility index (Phi) is 5.53. The zero-order chi connectivity index (χ0) is 16.9. The molecule has 132 valence electrons. The number of hydrogen-bond acceptors (Lipinski definition) is 5. The van der Waals surface area contributed by atoms with Crippen molar-refractivity contribution in [3.8, 4) is 5.88 Å². The van der Waals surface area contributed by atoms with Crippen LogP contribution in [-0.2, 0) is 4.79 Å². The quantitative estimate of drug-likeness (QED) is 0.848. The molecule has 0 aromatic carbocycles. The maximum Gasteiger partial charge on any atom is 0.233 e. The van der Waals surface area contributed by atoms with E-state index in [0.717, 1.165) is 44.8 Å². The molecule has 1 saturated heterocycles. The third-order valence-electron chi connectivity index (χ3n) is 4.87. The Balaban J connectivity index is 1.52. The van der Waals surface area contributed by atoms with E-state index in [9.17, 15) is 4.79 Å². The van der Waals surface area contributed by atoms with Gasteiger partial charge in [0.1, 0.15) is 6.10 Å². The summed E-state index contributed by atoms with van der Waals surface area (Å²) in [5.41, 5.74) is 0. The van der Waals surface area contributed by atoms with E-state index in [2.05, 4.69) is 15.1 Å². The van der Waals surface area contributed by atoms with Crippen molar-refractivity contribution in [2.75, 3.05) is 31.1 Å². The van der Waals surface area contributed by atoms with E-state index >= 15 is 0 Å². The molecule has 2 aliphatic rings. The lowest BCUT2D eigenvalue weighted by Crippen LogP contribution is -2.50. The zero-order valence-corrected chi connectivity index (χ0v) is 14.8. The first-order valence-corrected chi connectivity index (χ1v) is 9.17. The third kappa shape index (κ3) is 4.16. The first kappa shape index (κ1) is 17.0. The van der Waals surface area contributed by atoms with E-state index in [4.69, 9.17) is 4.74 Å². The Morgan fingerprint density at radius 2 is 1.79 bits per heavy atom. The Labute approximate surface area is 144 Å². The van der Waals surface area contributed by atoms with Crippen LogP contribution in [0, 0.1) is 5.92 Å². The van der Waals surface area contributed by atoms with Crippen molar-refractivity contribution in [2.24, 2.45) is 5.92 Å². The fourth-order valence-corrected chi connectivity index (χ4v) is 3.42. The average Bonchev–Trinajstić information content (AvgIpc) is 2.63. The summed E-state index contributed by atoms with van der Waals surface area (Å²) in [5.74, 6) is 1.78. The van der Waals surface area contributed by atoms with Crippen LogP contribution in [0.25, 0.3) is 0 Å². The molecule has 6 nitrogen and oxygen atoms in total. The summed E-state index contributed by atoms with van der Waals surface area (Å²) in [4.78, 5) is 16.2. The number of anilines is 1. The van der Waals surface area contributed by atoms with E-state index in [0.29, 0.717) is 12.0 Å². The molecule has 1 aromatic rings. The van der Waals surface area contributed by atoms with Crippen LogP contribution in [0.15, 0.2) is 12.1 Å². The molecule has 2 fully saturated rings. The van der Waals surface area contributed by atoms with E-state index in [1.807, 2.05) is 30.9 Å². The van der Waals surface area contributed by atoms with Gasteiger partial charge in [0.25, 0.3) is 0 Å². The maximum absolute atomic E-state index is 12.0. The topological polar surface area (TPSA) is 58.6 Å². The minimum atomic E-state index is 0.0626. The summed E-state index contributed by atoms with van der Waals surface area (Å²) in [6.07, 6.45) is 6.34. The molecule has 0 unspecified atom stereocenters. The Bertz CT molecular complexity index is 532. The molecule has 6 heteroatoms. The molecular formula is C18H28N4O2. The highest BCUT2D eigenvalue weighted by Gasteiger charge is 2.23. The monoisotopic (exact) mass is 332 g/mol. The minimum Gasteiger partial charge on any atom is -0.473 e. The van der Waals surface area contributed by atoms with Gasteiger partial charge in [-0.3, -0.25) is 4.79 Å². The van der Waals surface area contributed by atoms with Gasteiger partial charge >= 0.3 is 0 Å². The molecule has 1 aromatic heterocycles. The molecule has 0 spiro atoms. The second-order valence-corrected chi connectivity index (χ2v) is 7.07. The first-order valence-electron chi connectivity index (χ1n) is 9.17. The normalized spacial score (nSPS) is 19.6. The van der Waals surface area contributed by atoms with Crippen LogP contribution < -0.4 is 9.64 Å². The Morgan fingerprint density at radius 3 is 2.38 bits per heavy atom. The van der Waals surface area contributed by atoms with Crippen molar-refractivity contribution in [1.82, 2.24) is 15.1 Å². The Hall–Kier alpha value is -1.85. The summed E-state index contributed by atoms with van der Waals surface area (Å²) in [5, 5.41) is 8.56. The van der Waals surface area contributed by atoms with Crippen molar-refractivity contribution in [3.05, 3.63) is 12.1 Å². The van der Waals surface area contributed by atoms with Gasteiger partial charge in [-0.1, -0.05) is 20.3 Å². The van der Waals surface area contributed by atoms with E-state index < -0.39 is 0 Å². The number of aromatic nitrogens is 2. The molecule has 1 aliphatic heterocycles. The van der Waals surface area contributed by atoms with E-state index in [-0.39, 0.29) is 11.8 Å². The molecule has 3 rings (SSSR count). The smallest absolute Gasteiger partial charge is 0.233 e. The summed E-state index contributed by atoms with van der Waals surface area (Å²) < 4.78 is 5.93. The van der Waals surface area contributed by atoms with Crippen LogP contribution in [0.5, 0.6) is 5.88 Å². The fourth-order valence-electron chi connectivity index (χ4n) is 3.42. The van der Waals surface area contributed by atoms with Crippen LogP contribution in [0.3, 0.4) is 0 Å². The van der Waals surface area contributed by atoms with Crippen molar-refractivity contribution >= 4 is 11.7 Å². The standard InChI is InChI=1S/C18H28N4O2/c1-14(2)18(23)22-12-10-21(11-13-22)16-8-9-17(20-19-16)24-15-6-4-3-5-7-15/h8-9,14-15H,3-7,10-13H2,1-2H3. The molecule has 1 saturated carbocycles. The number of rotatable bonds is 4. The van der Waals surface area contributed by atoms with Crippen LogP contribution in [0.2, 0.25) is 0 Å². The summed E-state index contributed by atoms with van der Waals surface area (Å²) in [6, 6.07) is 3.90. The van der Waals surface area contributed by atoms with Gasteiger partial charge in [-0.2, -0.15) is 0 Å².